The van der Waals surface area contributed by atoms with Gasteiger partial charge in [0, 0.05) is 11.1 Å². The molecule has 1 N–H and O–H groups in total. The molecule has 0 fully saturated rings. The second-order valence-electron chi connectivity index (χ2n) is 7.54. The Labute approximate surface area is 164 Å². The van der Waals surface area contributed by atoms with Crippen molar-refractivity contribution in [3.05, 3.63) is 23.3 Å². The van der Waals surface area contributed by atoms with E-state index in [1.54, 1.807) is 14.2 Å². The fourth-order valence-corrected chi connectivity index (χ4v) is 4.26. The fraction of sp³-hybridized carbons (Fsp3) is 0.455. The zero-order chi connectivity index (χ0) is 20.0. The lowest BCUT2D eigenvalue weighted by Gasteiger charge is -2.29. The first-order valence-corrected chi connectivity index (χ1v) is 9.46. The maximum Gasteiger partial charge on any atom is 0.231 e. The molecule has 0 spiro atoms. The van der Waals surface area contributed by atoms with Crippen molar-refractivity contribution >= 4 is 0 Å². The van der Waals surface area contributed by atoms with Crippen LogP contribution in [0.15, 0.2) is 12.1 Å². The van der Waals surface area contributed by atoms with Crippen molar-refractivity contribution in [3.63, 3.8) is 0 Å². The van der Waals surface area contributed by atoms with E-state index >= 15 is 0 Å². The summed E-state index contributed by atoms with van der Waals surface area (Å²) in [7, 11) is 4.71. The summed E-state index contributed by atoms with van der Waals surface area (Å²) in [5.41, 5.74) is 3.59. The van der Waals surface area contributed by atoms with E-state index in [4.69, 9.17) is 23.7 Å². The van der Waals surface area contributed by atoms with E-state index in [9.17, 15) is 5.11 Å². The molecule has 2 aromatic carbocycles. The van der Waals surface area contributed by atoms with Gasteiger partial charge in [0.05, 0.1) is 21.3 Å². The first kappa shape index (κ1) is 18.6. The molecule has 0 amide bonds. The highest BCUT2D eigenvalue weighted by Crippen LogP contribution is 2.56. The van der Waals surface area contributed by atoms with Crippen LogP contribution in [0.25, 0.3) is 11.1 Å². The third-order valence-electron chi connectivity index (χ3n) is 5.94. The molecule has 6 heteroatoms. The number of hydrogen-bond acceptors (Lipinski definition) is 6. The number of methoxy groups -OCH3 is 3. The van der Waals surface area contributed by atoms with Crippen molar-refractivity contribution in [2.24, 2.45) is 11.8 Å². The van der Waals surface area contributed by atoms with Gasteiger partial charge in [-0.05, 0) is 47.9 Å². The number of phenols is 1. The van der Waals surface area contributed by atoms with Gasteiger partial charge in [0.15, 0.2) is 23.0 Å². The predicted octanol–water partition coefficient (Wildman–Crippen LogP) is 4.18. The van der Waals surface area contributed by atoms with Crippen LogP contribution in [-0.2, 0) is 12.8 Å². The average molecular weight is 386 g/mol. The molecule has 0 unspecified atom stereocenters. The smallest absolute Gasteiger partial charge is 0.231 e. The Kier molecular flexibility index (Phi) is 4.65. The number of ether oxygens (including phenoxy) is 5. The Morgan fingerprint density at radius 3 is 2.11 bits per heavy atom. The van der Waals surface area contributed by atoms with Crippen LogP contribution in [0.3, 0.4) is 0 Å². The summed E-state index contributed by atoms with van der Waals surface area (Å²) < 4.78 is 28.0. The number of fused-ring (bicyclic) bond motifs is 4. The highest BCUT2D eigenvalue weighted by atomic mass is 16.7. The van der Waals surface area contributed by atoms with Gasteiger partial charge in [0.25, 0.3) is 0 Å². The monoisotopic (exact) mass is 386 g/mol. The lowest BCUT2D eigenvalue weighted by atomic mass is 9.77. The van der Waals surface area contributed by atoms with Crippen LogP contribution in [0, 0.1) is 11.8 Å². The van der Waals surface area contributed by atoms with Gasteiger partial charge in [0.2, 0.25) is 18.3 Å². The zero-order valence-electron chi connectivity index (χ0n) is 16.9. The maximum atomic E-state index is 11.2. The molecule has 0 radical (unpaired) electrons. The molecular formula is C22H26O6. The van der Waals surface area contributed by atoms with E-state index < -0.39 is 0 Å². The van der Waals surface area contributed by atoms with Gasteiger partial charge in [-0.15, -0.1) is 0 Å². The van der Waals surface area contributed by atoms with Gasteiger partial charge in [-0.25, -0.2) is 0 Å². The van der Waals surface area contributed by atoms with E-state index in [1.165, 1.54) is 7.11 Å². The highest BCUT2D eigenvalue weighted by molar-refractivity contribution is 5.88. The second-order valence-corrected chi connectivity index (χ2v) is 7.54. The third kappa shape index (κ3) is 2.70. The van der Waals surface area contributed by atoms with Gasteiger partial charge in [-0.1, -0.05) is 13.8 Å². The summed E-state index contributed by atoms with van der Waals surface area (Å²) in [6.07, 6.45) is 1.65. The SMILES string of the molecule is COc1cc2c(c(O)c1OC)-c1c(cc3c(c1OC)OCO3)C[C@H](C)[C@@H](C)C2. The third-order valence-corrected chi connectivity index (χ3v) is 5.94. The molecular weight excluding hydrogens is 360 g/mol. The average Bonchev–Trinajstić information content (AvgIpc) is 3.14. The lowest BCUT2D eigenvalue weighted by Crippen LogP contribution is -2.18. The van der Waals surface area contributed by atoms with Crippen LogP contribution in [0.5, 0.6) is 34.5 Å². The highest BCUT2D eigenvalue weighted by Gasteiger charge is 2.33. The van der Waals surface area contributed by atoms with E-state index in [0.29, 0.717) is 46.1 Å². The summed E-state index contributed by atoms with van der Waals surface area (Å²) in [5.74, 6) is 3.56. The molecule has 150 valence electrons. The molecule has 2 atom stereocenters. The first-order valence-electron chi connectivity index (χ1n) is 9.46. The summed E-state index contributed by atoms with van der Waals surface area (Å²) in [6, 6.07) is 3.96. The minimum Gasteiger partial charge on any atom is -0.504 e. The van der Waals surface area contributed by atoms with Crippen LogP contribution in [0.1, 0.15) is 25.0 Å². The van der Waals surface area contributed by atoms with E-state index in [-0.39, 0.29) is 12.5 Å². The van der Waals surface area contributed by atoms with Gasteiger partial charge in [-0.2, -0.15) is 0 Å². The molecule has 0 aromatic heterocycles. The molecule has 1 heterocycles. The molecule has 4 rings (SSSR count). The van der Waals surface area contributed by atoms with Crippen LogP contribution in [0.2, 0.25) is 0 Å². The summed E-state index contributed by atoms with van der Waals surface area (Å²) in [5, 5.41) is 11.2. The fourth-order valence-electron chi connectivity index (χ4n) is 4.26. The Balaban J connectivity index is 2.10. The standard InChI is InChI=1S/C22H26O6/c1-11-6-13-8-15(24-3)20(25-4)19(23)17(13)18-14(7-12(11)2)9-16-21(22(18)26-5)28-10-27-16/h8-9,11-12,23H,6-7,10H2,1-5H3/t11-,12-/m0/s1. The number of hydrogen-bond donors (Lipinski definition) is 1. The molecule has 2 aromatic rings. The van der Waals surface area contributed by atoms with E-state index in [1.807, 2.05) is 12.1 Å². The van der Waals surface area contributed by atoms with Gasteiger partial charge < -0.3 is 28.8 Å². The molecule has 6 nitrogen and oxygen atoms in total. The van der Waals surface area contributed by atoms with Crippen molar-refractivity contribution in [2.45, 2.75) is 26.7 Å². The molecule has 28 heavy (non-hydrogen) atoms. The van der Waals surface area contributed by atoms with Crippen molar-refractivity contribution in [1.29, 1.82) is 0 Å². The van der Waals surface area contributed by atoms with Crippen LogP contribution < -0.4 is 23.7 Å². The van der Waals surface area contributed by atoms with Gasteiger partial charge in [0.1, 0.15) is 0 Å². The van der Waals surface area contributed by atoms with E-state index in [2.05, 4.69) is 13.8 Å². The topological polar surface area (TPSA) is 66.4 Å². The first-order chi connectivity index (χ1) is 13.5. The van der Waals surface area contributed by atoms with E-state index in [0.717, 1.165) is 29.5 Å². The minimum atomic E-state index is 0.0528. The quantitative estimate of drug-likeness (QED) is 0.853. The Hall–Kier alpha value is -2.76. The number of phenolic OH excluding ortho intramolecular Hbond substituents is 1. The lowest BCUT2D eigenvalue weighted by molar-refractivity contribution is 0.171. The van der Waals surface area contributed by atoms with Crippen LogP contribution in [-0.4, -0.2) is 33.2 Å². The van der Waals surface area contributed by atoms with Crippen molar-refractivity contribution < 1.29 is 28.8 Å². The molecule has 0 bridgehead atoms. The van der Waals surface area contributed by atoms with Gasteiger partial charge in [-0.3, -0.25) is 0 Å². The molecule has 0 saturated carbocycles. The predicted molar refractivity (Wildman–Crippen MR) is 105 cm³/mol. The molecule has 0 saturated heterocycles. The second kappa shape index (κ2) is 7.00. The van der Waals surface area contributed by atoms with Crippen LogP contribution >= 0.6 is 0 Å². The number of benzene rings is 2. The number of rotatable bonds is 3. The normalized spacial score (nSPS) is 19.9. The number of aromatic hydroxyl groups is 1. The summed E-state index contributed by atoms with van der Waals surface area (Å²) in [6.45, 7) is 4.64. The Morgan fingerprint density at radius 1 is 0.857 bits per heavy atom. The largest absolute Gasteiger partial charge is 0.504 e. The maximum absolute atomic E-state index is 11.2. The van der Waals surface area contributed by atoms with Crippen molar-refractivity contribution in [3.8, 4) is 45.6 Å². The molecule has 1 aliphatic heterocycles. The minimum absolute atomic E-state index is 0.0528. The Morgan fingerprint density at radius 2 is 1.50 bits per heavy atom. The molecule has 1 aliphatic carbocycles. The summed E-state index contributed by atoms with van der Waals surface area (Å²) in [4.78, 5) is 0. The summed E-state index contributed by atoms with van der Waals surface area (Å²) >= 11 is 0. The van der Waals surface area contributed by atoms with Crippen molar-refractivity contribution in [1.82, 2.24) is 0 Å². The van der Waals surface area contributed by atoms with Gasteiger partial charge >= 0.3 is 0 Å². The zero-order valence-corrected chi connectivity index (χ0v) is 16.9. The Bertz CT molecular complexity index is 920. The van der Waals surface area contributed by atoms with Crippen molar-refractivity contribution in [2.75, 3.05) is 28.1 Å². The molecule has 2 aliphatic rings. The van der Waals surface area contributed by atoms with Crippen LogP contribution in [0.4, 0.5) is 0 Å².